The quantitative estimate of drug-likeness (QED) is 0.876. The molecule has 1 aromatic rings. The van der Waals surface area contributed by atoms with Crippen LogP contribution in [-0.2, 0) is 6.18 Å². The van der Waals surface area contributed by atoms with E-state index >= 15 is 0 Å². The molecular weight excluding hydrogens is 241 g/mol. The first kappa shape index (κ1) is 13.2. The Morgan fingerprint density at radius 1 is 1.33 bits per heavy atom. The second-order valence-electron chi connectivity index (χ2n) is 4.97. The smallest absolute Gasteiger partial charge is 0.385 e. The molecule has 0 radical (unpaired) electrons. The molecule has 0 aliphatic carbocycles. The summed E-state index contributed by atoms with van der Waals surface area (Å²) in [4.78, 5) is 2.07. The zero-order valence-corrected chi connectivity index (χ0v) is 10.5. The molecule has 0 spiro atoms. The van der Waals surface area contributed by atoms with Crippen LogP contribution in [0.15, 0.2) is 18.2 Å². The van der Waals surface area contributed by atoms with Gasteiger partial charge in [-0.25, -0.2) is 0 Å². The molecule has 1 N–H and O–H groups in total. The second-order valence-corrected chi connectivity index (χ2v) is 4.97. The summed E-state index contributed by atoms with van der Waals surface area (Å²) in [5.41, 5.74) is 1.03. The van der Waals surface area contributed by atoms with Gasteiger partial charge in [-0.3, -0.25) is 0 Å². The number of nitrogens with zero attached hydrogens (tertiary/aromatic N) is 1. The highest BCUT2D eigenvalue weighted by atomic mass is 19.4. The highest BCUT2D eigenvalue weighted by Gasteiger charge is 2.32. The Morgan fingerprint density at radius 2 is 2.06 bits per heavy atom. The maximum atomic E-state index is 12.6. The van der Waals surface area contributed by atoms with E-state index in [1.165, 1.54) is 12.1 Å². The van der Waals surface area contributed by atoms with Crippen LogP contribution in [0.2, 0.25) is 0 Å². The molecule has 2 rings (SSSR count). The van der Waals surface area contributed by atoms with Crippen LogP contribution in [0.3, 0.4) is 0 Å². The Kier molecular flexibility index (Phi) is 3.52. The molecular formula is C13H17F3N2. The molecule has 0 saturated carbocycles. The molecule has 5 heteroatoms. The van der Waals surface area contributed by atoms with E-state index in [1.54, 1.807) is 6.07 Å². The predicted octanol–water partition coefficient (Wildman–Crippen LogP) is 3.17. The molecule has 0 fully saturated rings. The molecule has 1 aromatic carbocycles. The van der Waals surface area contributed by atoms with Crippen molar-refractivity contribution in [2.45, 2.75) is 18.5 Å². The predicted molar refractivity (Wildman–Crippen MR) is 65.8 cm³/mol. The van der Waals surface area contributed by atoms with E-state index in [1.807, 2.05) is 14.1 Å². The number of rotatable bonds is 2. The lowest BCUT2D eigenvalue weighted by Crippen LogP contribution is -2.26. The standard InChI is InChI=1S/C13H17F3N2/c1-18(2)8-9-5-6-17-12-7-10(13(14,15)16)3-4-11(9)12/h3-4,7,9,17H,5-6,8H2,1-2H3. The van der Waals surface area contributed by atoms with Gasteiger partial charge < -0.3 is 10.2 Å². The fourth-order valence-corrected chi connectivity index (χ4v) is 2.41. The summed E-state index contributed by atoms with van der Waals surface area (Å²) < 4.78 is 37.9. The number of hydrogen-bond acceptors (Lipinski definition) is 2. The van der Waals surface area contributed by atoms with Gasteiger partial charge in [-0.05, 0) is 38.2 Å². The minimum atomic E-state index is -4.27. The summed E-state index contributed by atoms with van der Waals surface area (Å²) in [6, 6.07) is 4.00. The van der Waals surface area contributed by atoms with Crippen molar-refractivity contribution in [2.24, 2.45) is 0 Å². The second kappa shape index (κ2) is 4.80. The van der Waals surface area contributed by atoms with Crippen molar-refractivity contribution in [2.75, 3.05) is 32.5 Å². The lowest BCUT2D eigenvalue weighted by atomic mass is 9.89. The van der Waals surface area contributed by atoms with Crippen molar-refractivity contribution in [3.05, 3.63) is 29.3 Å². The van der Waals surface area contributed by atoms with E-state index < -0.39 is 11.7 Å². The van der Waals surface area contributed by atoms with E-state index in [9.17, 15) is 13.2 Å². The molecule has 1 aliphatic rings. The third-order valence-electron chi connectivity index (χ3n) is 3.21. The lowest BCUT2D eigenvalue weighted by Gasteiger charge is -2.29. The van der Waals surface area contributed by atoms with Gasteiger partial charge in [0.05, 0.1) is 5.56 Å². The van der Waals surface area contributed by atoms with Gasteiger partial charge in [0.15, 0.2) is 0 Å². The van der Waals surface area contributed by atoms with E-state index in [0.717, 1.165) is 25.1 Å². The molecule has 0 amide bonds. The molecule has 1 aliphatic heterocycles. The zero-order valence-electron chi connectivity index (χ0n) is 10.5. The first-order valence-corrected chi connectivity index (χ1v) is 5.97. The van der Waals surface area contributed by atoms with Crippen LogP contribution >= 0.6 is 0 Å². The number of alkyl halides is 3. The SMILES string of the molecule is CN(C)CC1CCNc2cc(C(F)(F)F)ccc21. The maximum Gasteiger partial charge on any atom is 0.416 e. The third-order valence-corrected chi connectivity index (χ3v) is 3.21. The molecule has 1 heterocycles. The number of halogens is 3. The van der Waals surface area contributed by atoms with Crippen molar-refractivity contribution in [1.82, 2.24) is 4.90 Å². The van der Waals surface area contributed by atoms with Crippen molar-refractivity contribution in [3.63, 3.8) is 0 Å². The Labute approximate surface area is 105 Å². The number of benzene rings is 1. The van der Waals surface area contributed by atoms with Crippen LogP contribution in [0, 0.1) is 0 Å². The van der Waals surface area contributed by atoms with Crippen LogP contribution in [0.1, 0.15) is 23.5 Å². The summed E-state index contributed by atoms with van der Waals surface area (Å²) in [5.74, 6) is 0.304. The number of anilines is 1. The van der Waals surface area contributed by atoms with Gasteiger partial charge in [0, 0.05) is 24.7 Å². The summed E-state index contributed by atoms with van der Waals surface area (Å²) in [5, 5.41) is 3.06. The monoisotopic (exact) mass is 258 g/mol. The van der Waals surface area contributed by atoms with Crippen LogP contribution in [-0.4, -0.2) is 32.1 Å². The molecule has 18 heavy (non-hydrogen) atoms. The summed E-state index contributed by atoms with van der Waals surface area (Å²) >= 11 is 0. The van der Waals surface area contributed by atoms with Gasteiger partial charge in [0.1, 0.15) is 0 Å². The lowest BCUT2D eigenvalue weighted by molar-refractivity contribution is -0.137. The Hall–Kier alpha value is -1.23. The molecule has 1 unspecified atom stereocenters. The average Bonchev–Trinajstić information content (AvgIpc) is 2.27. The van der Waals surface area contributed by atoms with Gasteiger partial charge in [-0.1, -0.05) is 6.07 Å². The van der Waals surface area contributed by atoms with Crippen LogP contribution < -0.4 is 5.32 Å². The van der Waals surface area contributed by atoms with E-state index in [-0.39, 0.29) is 0 Å². The zero-order chi connectivity index (χ0) is 13.3. The summed E-state index contributed by atoms with van der Waals surface area (Å²) in [7, 11) is 3.96. The van der Waals surface area contributed by atoms with Gasteiger partial charge in [-0.15, -0.1) is 0 Å². The van der Waals surface area contributed by atoms with Crippen molar-refractivity contribution < 1.29 is 13.2 Å². The van der Waals surface area contributed by atoms with Gasteiger partial charge in [0.25, 0.3) is 0 Å². The fraction of sp³-hybridized carbons (Fsp3) is 0.538. The third kappa shape index (κ3) is 2.77. The van der Waals surface area contributed by atoms with Crippen molar-refractivity contribution in [3.8, 4) is 0 Å². The molecule has 100 valence electrons. The number of likely N-dealkylation sites (N-methyl/N-ethyl adjacent to an activating group) is 1. The molecule has 0 aromatic heterocycles. The number of fused-ring (bicyclic) bond motifs is 1. The summed E-state index contributed by atoms with van der Waals surface area (Å²) in [6.45, 7) is 1.59. The van der Waals surface area contributed by atoms with Crippen molar-refractivity contribution in [1.29, 1.82) is 0 Å². The molecule has 1 atom stereocenters. The van der Waals surface area contributed by atoms with E-state index in [4.69, 9.17) is 0 Å². The van der Waals surface area contributed by atoms with Gasteiger partial charge >= 0.3 is 6.18 Å². The number of hydrogen-bond donors (Lipinski definition) is 1. The Morgan fingerprint density at radius 3 is 2.67 bits per heavy atom. The fourth-order valence-electron chi connectivity index (χ4n) is 2.41. The Bertz CT molecular complexity index is 427. The molecule has 0 bridgehead atoms. The van der Waals surface area contributed by atoms with E-state index in [2.05, 4.69) is 10.2 Å². The van der Waals surface area contributed by atoms with Crippen LogP contribution in [0.4, 0.5) is 18.9 Å². The summed E-state index contributed by atoms with van der Waals surface area (Å²) in [6.07, 6.45) is -3.32. The average molecular weight is 258 g/mol. The first-order chi connectivity index (χ1) is 8.38. The largest absolute Gasteiger partial charge is 0.416 e. The van der Waals surface area contributed by atoms with Gasteiger partial charge in [-0.2, -0.15) is 13.2 Å². The minimum Gasteiger partial charge on any atom is -0.385 e. The van der Waals surface area contributed by atoms with Crippen LogP contribution in [0.25, 0.3) is 0 Å². The molecule has 0 saturated heterocycles. The highest BCUT2D eigenvalue weighted by Crippen LogP contribution is 2.37. The Balaban J connectivity index is 2.31. The first-order valence-electron chi connectivity index (χ1n) is 5.97. The van der Waals surface area contributed by atoms with E-state index in [0.29, 0.717) is 11.6 Å². The topological polar surface area (TPSA) is 15.3 Å². The van der Waals surface area contributed by atoms with Crippen molar-refractivity contribution >= 4 is 5.69 Å². The molecule has 2 nitrogen and oxygen atoms in total. The number of nitrogens with one attached hydrogen (secondary N) is 1. The minimum absolute atomic E-state index is 0.304. The highest BCUT2D eigenvalue weighted by molar-refractivity contribution is 5.57. The maximum absolute atomic E-state index is 12.6. The normalized spacial score (nSPS) is 19.6. The van der Waals surface area contributed by atoms with Gasteiger partial charge in [0.2, 0.25) is 0 Å². The van der Waals surface area contributed by atoms with Crippen LogP contribution in [0.5, 0.6) is 0 Å².